The number of aryl methyl sites for hydroxylation is 2. The molecule has 0 saturated carbocycles. The Kier molecular flexibility index (Phi) is 4.21. The molecule has 2 rings (SSSR count). The second-order valence-corrected chi connectivity index (χ2v) is 5.23. The molecule has 1 amide bonds. The summed E-state index contributed by atoms with van der Waals surface area (Å²) in [7, 11) is 0. The molecule has 21 heavy (non-hydrogen) atoms. The number of nitrogens with one attached hydrogen (secondary N) is 2. The van der Waals surface area contributed by atoms with Gasteiger partial charge >= 0.3 is 0 Å². The van der Waals surface area contributed by atoms with Crippen LogP contribution in [0.3, 0.4) is 0 Å². The Morgan fingerprint density at radius 2 is 1.76 bits per heavy atom. The van der Waals surface area contributed by atoms with Crippen LogP contribution >= 0.6 is 0 Å². The SMILES string of the molecule is Cc1cc(C)c(C)c(CNC(=O)c2ccc(=O)[nH]n2)c1C. The third-order valence-electron chi connectivity index (χ3n) is 3.86. The molecule has 5 heteroatoms. The molecule has 1 heterocycles. The van der Waals surface area contributed by atoms with Crippen LogP contribution in [0.25, 0.3) is 0 Å². The Morgan fingerprint density at radius 1 is 1.14 bits per heavy atom. The first kappa shape index (κ1) is 15.0. The van der Waals surface area contributed by atoms with Gasteiger partial charge in [0.15, 0.2) is 0 Å². The van der Waals surface area contributed by atoms with E-state index in [4.69, 9.17) is 0 Å². The summed E-state index contributed by atoms with van der Waals surface area (Å²) in [4.78, 5) is 23.0. The summed E-state index contributed by atoms with van der Waals surface area (Å²) in [6, 6.07) is 4.85. The molecule has 1 aromatic carbocycles. The van der Waals surface area contributed by atoms with E-state index < -0.39 is 0 Å². The van der Waals surface area contributed by atoms with Crippen LogP contribution in [-0.2, 0) is 6.54 Å². The fourth-order valence-electron chi connectivity index (χ4n) is 2.29. The van der Waals surface area contributed by atoms with Crippen molar-refractivity contribution in [2.75, 3.05) is 0 Å². The molecule has 0 aliphatic rings. The zero-order valence-corrected chi connectivity index (χ0v) is 12.7. The van der Waals surface area contributed by atoms with Gasteiger partial charge in [0.05, 0.1) is 0 Å². The lowest BCUT2D eigenvalue weighted by atomic mass is 9.94. The molecule has 2 N–H and O–H groups in total. The number of hydrogen-bond acceptors (Lipinski definition) is 3. The molecule has 2 aromatic rings. The molecule has 0 aliphatic heterocycles. The van der Waals surface area contributed by atoms with Gasteiger partial charge in [-0.05, 0) is 61.6 Å². The third-order valence-corrected chi connectivity index (χ3v) is 3.86. The summed E-state index contributed by atoms with van der Waals surface area (Å²) >= 11 is 0. The highest BCUT2D eigenvalue weighted by Crippen LogP contribution is 2.21. The fourth-order valence-corrected chi connectivity index (χ4v) is 2.29. The largest absolute Gasteiger partial charge is 0.347 e. The highest BCUT2D eigenvalue weighted by Gasteiger charge is 2.11. The Morgan fingerprint density at radius 3 is 2.29 bits per heavy atom. The van der Waals surface area contributed by atoms with Crippen LogP contribution in [0, 0.1) is 27.7 Å². The van der Waals surface area contributed by atoms with Crippen molar-refractivity contribution in [2.24, 2.45) is 0 Å². The van der Waals surface area contributed by atoms with E-state index in [1.54, 1.807) is 0 Å². The lowest BCUT2D eigenvalue weighted by molar-refractivity contribution is 0.0944. The summed E-state index contributed by atoms with van der Waals surface area (Å²) in [6.07, 6.45) is 0. The van der Waals surface area contributed by atoms with Crippen molar-refractivity contribution in [3.05, 3.63) is 62.1 Å². The van der Waals surface area contributed by atoms with E-state index in [-0.39, 0.29) is 17.2 Å². The first-order valence-electron chi connectivity index (χ1n) is 6.80. The molecule has 110 valence electrons. The molecular formula is C16H19N3O2. The van der Waals surface area contributed by atoms with Crippen LogP contribution in [0.15, 0.2) is 23.0 Å². The minimum atomic E-state index is -0.326. The van der Waals surface area contributed by atoms with Crippen LogP contribution in [0.1, 0.15) is 38.3 Å². The minimum Gasteiger partial charge on any atom is -0.347 e. The number of aromatic nitrogens is 2. The maximum Gasteiger partial charge on any atom is 0.271 e. The van der Waals surface area contributed by atoms with Crippen LogP contribution in [-0.4, -0.2) is 16.1 Å². The standard InChI is InChI=1S/C16H19N3O2/c1-9-7-10(2)12(4)13(11(9)3)8-17-16(21)14-5-6-15(20)19-18-14/h5-7H,8H2,1-4H3,(H,17,21)(H,19,20). The van der Waals surface area contributed by atoms with Crippen molar-refractivity contribution >= 4 is 5.91 Å². The maximum absolute atomic E-state index is 12.0. The van der Waals surface area contributed by atoms with Gasteiger partial charge in [0.2, 0.25) is 0 Å². The Bertz CT molecular complexity index is 701. The molecule has 0 atom stereocenters. The number of H-pyrrole nitrogens is 1. The Hall–Kier alpha value is -2.43. The summed E-state index contributed by atoms with van der Waals surface area (Å²) in [5.74, 6) is -0.302. The number of carbonyl (C=O) groups excluding carboxylic acids is 1. The summed E-state index contributed by atoms with van der Waals surface area (Å²) in [5.41, 5.74) is 5.81. The van der Waals surface area contributed by atoms with Crippen molar-refractivity contribution in [3.63, 3.8) is 0 Å². The first-order valence-corrected chi connectivity index (χ1v) is 6.80. The number of aromatic amines is 1. The molecule has 0 unspecified atom stereocenters. The van der Waals surface area contributed by atoms with Crippen molar-refractivity contribution < 1.29 is 4.79 Å². The normalized spacial score (nSPS) is 10.5. The summed E-state index contributed by atoms with van der Waals surface area (Å²) in [6.45, 7) is 8.69. The van der Waals surface area contributed by atoms with Crippen LogP contribution in [0.2, 0.25) is 0 Å². The Balaban J connectivity index is 2.19. The third kappa shape index (κ3) is 3.18. The zero-order chi connectivity index (χ0) is 15.6. The quantitative estimate of drug-likeness (QED) is 0.905. The van der Waals surface area contributed by atoms with Gasteiger partial charge in [-0.15, -0.1) is 0 Å². The van der Waals surface area contributed by atoms with E-state index >= 15 is 0 Å². The fraction of sp³-hybridized carbons (Fsp3) is 0.312. The lowest BCUT2D eigenvalue weighted by Gasteiger charge is -2.15. The lowest BCUT2D eigenvalue weighted by Crippen LogP contribution is -2.26. The average molecular weight is 285 g/mol. The summed E-state index contributed by atoms with van der Waals surface area (Å²) < 4.78 is 0. The van der Waals surface area contributed by atoms with Crippen LogP contribution in [0.4, 0.5) is 0 Å². The van der Waals surface area contributed by atoms with Crippen molar-refractivity contribution in [2.45, 2.75) is 34.2 Å². The molecule has 0 radical (unpaired) electrons. The number of nitrogens with zero attached hydrogens (tertiary/aromatic N) is 1. The highest BCUT2D eigenvalue weighted by atomic mass is 16.2. The zero-order valence-electron chi connectivity index (χ0n) is 12.7. The van der Waals surface area contributed by atoms with Gasteiger partial charge in [-0.1, -0.05) is 6.07 Å². The average Bonchev–Trinajstić information content (AvgIpc) is 2.45. The van der Waals surface area contributed by atoms with Crippen molar-refractivity contribution in [1.29, 1.82) is 0 Å². The van der Waals surface area contributed by atoms with Gasteiger partial charge < -0.3 is 5.32 Å². The van der Waals surface area contributed by atoms with Gasteiger partial charge in [-0.2, -0.15) is 5.10 Å². The smallest absolute Gasteiger partial charge is 0.271 e. The van der Waals surface area contributed by atoms with Gasteiger partial charge in [0.25, 0.3) is 11.5 Å². The van der Waals surface area contributed by atoms with Crippen LogP contribution in [0.5, 0.6) is 0 Å². The number of carbonyl (C=O) groups is 1. The second kappa shape index (κ2) is 5.91. The van der Waals surface area contributed by atoms with E-state index in [2.05, 4.69) is 49.3 Å². The molecule has 0 saturated heterocycles. The highest BCUT2D eigenvalue weighted by molar-refractivity contribution is 5.91. The van der Waals surface area contributed by atoms with E-state index in [1.165, 1.54) is 34.4 Å². The van der Waals surface area contributed by atoms with Gasteiger partial charge in [0.1, 0.15) is 5.69 Å². The van der Waals surface area contributed by atoms with E-state index in [1.807, 2.05) is 0 Å². The number of rotatable bonds is 3. The predicted molar refractivity (Wildman–Crippen MR) is 81.4 cm³/mol. The van der Waals surface area contributed by atoms with Gasteiger partial charge in [-0.25, -0.2) is 5.10 Å². The predicted octanol–water partition coefficient (Wildman–Crippen LogP) is 1.93. The molecule has 0 aliphatic carbocycles. The first-order chi connectivity index (χ1) is 9.90. The molecular weight excluding hydrogens is 266 g/mol. The molecule has 5 nitrogen and oxygen atoms in total. The molecule has 0 bridgehead atoms. The summed E-state index contributed by atoms with van der Waals surface area (Å²) in [5, 5.41) is 8.82. The number of benzene rings is 1. The maximum atomic E-state index is 12.0. The number of hydrogen-bond donors (Lipinski definition) is 2. The topological polar surface area (TPSA) is 74.8 Å². The molecule has 1 aromatic heterocycles. The molecule has 0 spiro atoms. The monoisotopic (exact) mass is 285 g/mol. The van der Waals surface area contributed by atoms with E-state index in [0.717, 1.165) is 5.56 Å². The van der Waals surface area contributed by atoms with E-state index in [9.17, 15) is 9.59 Å². The van der Waals surface area contributed by atoms with Crippen LogP contribution < -0.4 is 10.9 Å². The van der Waals surface area contributed by atoms with Gasteiger partial charge in [0, 0.05) is 12.6 Å². The van der Waals surface area contributed by atoms with E-state index in [0.29, 0.717) is 6.54 Å². The minimum absolute atomic E-state index is 0.203. The second-order valence-electron chi connectivity index (χ2n) is 5.23. The molecule has 0 fully saturated rings. The van der Waals surface area contributed by atoms with Crippen molar-refractivity contribution in [3.8, 4) is 0 Å². The van der Waals surface area contributed by atoms with Gasteiger partial charge in [-0.3, -0.25) is 9.59 Å². The Labute approximate surface area is 123 Å². The van der Waals surface area contributed by atoms with Crippen molar-refractivity contribution in [1.82, 2.24) is 15.5 Å². The number of amides is 1.